The van der Waals surface area contributed by atoms with Gasteiger partial charge in [-0.1, -0.05) is 11.2 Å². The van der Waals surface area contributed by atoms with Crippen LogP contribution in [0.25, 0.3) is 11.4 Å². The van der Waals surface area contributed by atoms with Crippen LogP contribution in [0.4, 0.5) is 10.1 Å². The number of amides is 2. The van der Waals surface area contributed by atoms with Crippen molar-refractivity contribution in [2.45, 2.75) is 18.8 Å². The largest absolute Gasteiger partial charge is 0.345 e. The fraction of sp³-hybridized carbons (Fsp3) is 0.333. The molecular weight excluding hydrogens is 425 g/mol. The summed E-state index contributed by atoms with van der Waals surface area (Å²) in [5.41, 5.74) is 1.79. The highest BCUT2D eigenvalue weighted by Gasteiger charge is 2.27. The Morgan fingerprint density at radius 1 is 1.21 bits per heavy atom. The third kappa shape index (κ3) is 5.61. The zero-order chi connectivity index (χ0) is 23.4. The second kappa shape index (κ2) is 9.91. The number of piperidine rings is 1. The van der Waals surface area contributed by atoms with Crippen LogP contribution in [-0.4, -0.2) is 65.5 Å². The predicted octanol–water partition coefficient (Wildman–Crippen LogP) is 3.40. The maximum absolute atomic E-state index is 13.2. The second-order valence-corrected chi connectivity index (χ2v) is 8.37. The summed E-state index contributed by atoms with van der Waals surface area (Å²) in [5, 5.41) is 6.91. The summed E-state index contributed by atoms with van der Waals surface area (Å²) in [5.74, 6) is 0.377. The summed E-state index contributed by atoms with van der Waals surface area (Å²) in [6.07, 6.45) is 1.79. The third-order valence-corrected chi connectivity index (χ3v) is 5.57. The first-order valence-electron chi connectivity index (χ1n) is 10.8. The molecule has 2 aromatic carbocycles. The molecule has 0 radical (unpaired) electrons. The van der Waals surface area contributed by atoms with Crippen molar-refractivity contribution in [3.05, 3.63) is 65.8 Å². The first kappa shape index (κ1) is 22.6. The predicted molar refractivity (Wildman–Crippen MR) is 121 cm³/mol. The van der Waals surface area contributed by atoms with Crippen molar-refractivity contribution in [2.75, 3.05) is 39.0 Å². The van der Waals surface area contributed by atoms with Gasteiger partial charge in [0.05, 0.1) is 12.5 Å². The highest BCUT2D eigenvalue weighted by atomic mass is 19.1. The van der Waals surface area contributed by atoms with Gasteiger partial charge in [0.15, 0.2) is 0 Å². The fourth-order valence-corrected chi connectivity index (χ4v) is 3.91. The van der Waals surface area contributed by atoms with Crippen molar-refractivity contribution >= 4 is 17.5 Å². The molecule has 172 valence electrons. The molecule has 33 heavy (non-hydrogen) atoms. The van der Waals surface area contributed by atoms with Gasteiger partial charge in [-0.05, 0) is 61.9 Å². The van der Waals surface area contributed by atoms with E-state index in [1.54, 1.807) is 50.5 Å². The topological polar surface area (TPSA) is 91.6 Å². The number of nitrogens with one attached hydrogen (secondary N) is 1. The number of benzene rings is 2. The molecular formula is C24H26FN5O3. The molecule has 0 saturated carbocycles. The van der Waals surface area contributed by atoms with Crippen LogP contribution < -0.4 is 5.32 Å². The Bertz CT molecular complexity index is 1130. The molecule has 1 aliphatic heterocycles. The van der Waals surface area contributed by atoms with Gasteiger partial charge in [-0.3, -0.25) is 14.5 Å². The highest BCUT2D eigenvalue weighted by molar-refractivity contribution is 5.97. The Morgan fingerprint density at radius 3 is 2.76 bits per heavy atom. The number of carbonyl (C=O) groups is 2. The number of carbonyl (C=O) groups excluding carboxylic acids is 2. The number of likely N-dealkylation sites (tertiary alicyclic amines) is 1. The standard InChI is InChI=1S/C24H26FN5O3/c1-29(2)24(32)17-5-3-7-20(13-17)26-21(31)15-30-12-4-6-18(14-30)23-27-22(28-33-23)16-8-10-19(25)11-9-16/h3,5,7-11,13,18H,4,6,12,14-15H2,1-2H3,(H,26,31). The minimum Gasteiger partial charge on any atom is -0.345 e. The van der Waals surface area contributed by atoms with Crippen molar-refractivity contribution < 1.29 is 18.5 Å². The van der Waals surface area contributed by atoms with E-state index in [9.17, 15) is 14.0 Å². The van der Waals surface area contributed by atoms with Gasteiger partial charge in [0, 0.05) is 37.5 Å². The summed E-state index contributed by atoms with van der Waals surface area (Å²) in [6, 6.07) is 12.9. The van der Waals surface area contributed by atoms with E-state index in [-0.39, 0.29) is 30.1 Å². The molecule has 0 aliphatic carbocycles. The Labute approximate surface area is 191 Å². The molecule has 1 N–H and O–H groups in total. The normalized spacial score (nSPS) is 16.4. The maximum Gasteiger partial charge on any atom is 0.253 e. The zero-order valence-corrected chi connectivity index (χ0v) is 18.6. The molecule has 1 aliphatic rings. The molecule has 3 aromatic rings. The minimum absolute atomic E-state index is 0.0225. The SMILES string of the molecule is CN(C)C(=O)c1cccc(NC(=O)CN2CCCC(c3nc(-c4ccc(F)cc4)no3)C2)c1. The number of hydrogen-bond donors (Lipinski definition) is 1. The average Bonchev–Trinajstić information content (AvgIpc) is 3.29. The third-order valence-electron chi connectivity index (χ3n) is 5.57. The molecule has 2 heterocycles. The van der Waals surface area contributed by atoms with Gasteiger partial charge < -0.3 is 14.7 Å². The lowest BCUT2D eigenvalue weighted by Crippen LogP contribution is -2.39. The van der Waals surface area contributed by atoms with Gasteiger partial charge in [-0.15, -0.1) is 0 Å². The van der Waals surface area contributed by atoms with Crippen LogP contribution in [0.15, 0.2) is 53.1 Å². The molecule has 1 aromatic heterocycles. The van der Waals surface area contributed by atoms with E-state index in [0.29, 0.717) is 35.1 Å². The van der Waals surface area contributed by atoms with E-state index in [2.05, 4.69) is 20.4 Å². The Morgan fingerprint density at radius 2 is 2.00 bits per heavy atom. The van der Waals surface area contributed by atoms with Gasteiger partial charge in [0.25, 0.3) is 5.91 Å². The smallest absolute Gasteiger partial charge is 0.253 e. The number of rotatable bonds is 6. The van der Waals surface area contributed by atoms with Gasteiger partial charge in [0.1, 0.15) is 5.82 Å². The lowest BCUT2D eigenvalue weighted by atomic mass is 9.98. The van der Waals surface area contributed by atoms with Gasteiger partial charge in [-0.2, -0.15) is 4.98 Å². The summed E-state index contributed by atoms with van der Waals surface area (Å²) >= 11 is 0. The van der Waals surface area contributed by atoms with Gasteiger partial charge in [-0.25, -0.2) is 4.39 Å². The van der Waals surface area contributed by atoms with E-state index >= 15 is 0 Å². The number of aromatic nitrogens is 2. The van der Waals surface area contributed by atoms with E-state index in [1.165, 1.54) is 17.0 Å². The quantitative estimate of drug-likeness (QED) is 0.618. The molecule has 4 rings (SSSR count). The van der Waals surface area contributed by atoms with Crippen LogP contribution in [0.5, 0.6) is 0 Å². The van der Waals surface area contributed by atoms with Crippen molar-refractivity contribution in [2.24, 2.45) is 0 Å². The highest BCUT2D eigenvalue weighted by Crippen LogP contribution is 2.27. The monoisotopic (exact) mass is 451 g/mol. The van der Waals surface area contributed by atoms with Crippen LogP contribution in [0.2, 0.25) is 0 Å². The van der Waals surface area contributed by atoms with Crippen molar-refractivity contribution in [3.63, 3.8) is 0 Å². The number of hydrogen-bond acceptors (Lipinski definition) is 6. The maximum atomic E-state index is 13.2. The van der Waals surface area contributed by atoms with E-state index < -0.39 is 0 Å². The van der Waals surface area contributed by atoms with Gasteiger partial charge >= 0.3 is 0 Å². The Kier molecular flexibility index (Phi) is 6.79. The molecule has 2 amide bonds. The molecule has 1 unspecified atom stereocenters. The minimum atomic E-state index is -0.320. The average molecular weight is 452 g/mol. The van der Waals surface area contributed by atoms with E-state index in [0.717, 1.165) is 19.4 Å². The van der Waals surface area contributed by atoms with Gasteiger partial charge in [0.2, 0.25) is 17.6 Å². The number of halogens is 1. The summed E-state index contributed by atoms with van der Waals surface area (Å²) in [6.45, 7) is 1.64. The Hall–Kier alpha value is -3.59. The molecule has 8 nitrogen and oxygen atoms in total. The zero-order valence-electron chi connectivity index (χ0n) is 18.6. The van der Waals surface area contributed by atoms with Crippen LogP contribution in [0.3, 0.4) is 0 Å². The molecule has 1 atom stereocenters. The summed E-state index contributed by atoms with van der Waals surface area (Å²) < 4.78 is 18.6. The summed E-state index contributed by atoms with van der Waals surface area (Å²) in [7, 11) is 3.37. The Balaban J connectivity index is 1.35. The van der Waals surface area contributed by atoms with Crippen LogP contribution in [0, 0.1) is 5.82 Å². The first-order chi connectivity index (χ1) is 15.9. The molecule has 0 spiro atoms. The van der Waals surface area contributed by atoms with Crippen LogP contribution >= 0.6 is 0 Å². The van der Waals surface area contributed by atoms with Crippen LogP contribution in [0.1, 0.15) is 35.0 Å². The van der Waals surface area contributed by atoms with Crippen molar-refractivity contribution in [1.29, 1.82) is 0 Å². The van der Waals surface area contributed by atoms with E-state index in [1.807, 2.05) is 0 Å². The van der Waals surface area contributed by atoms with Crippen LogP contribution in [-0.2, 0) is 4.79 Å². The molecule has 9 heteroatoms. The molecule has 0 bridgehead atoms. The molecule has 1 fully saturated rings. The first-order valence-corrected chi connectivity index (χ1v) is 10.8. The number of anilines is 1. The second-order valence-electron chi connectivity index (χ2n) is 8.37. The fourth-order valence-electron chi connectivity index (χ4n) is 3.91. The summed E-state index contributed by atoms with van der Waals surface area (Å²) in [4.78, 5) is 32.8. The molecule has 1 saturated heterocycles. The van der Waals surface area contributed by atoms with E-state index in [4.69, 9.17) is 4.52 Å². The lowest BCUT2D eigenvalue weighted by Gasteiger charge is -2.30. The lowest BCUT2D eigenvalue weighted by molar-refractivity contribution is -0.117. The van der Waals surface area contributed by atoms with Crippen molar-refractivity contribution in [1.82, 2.24) is 19.9 Å². The van der Waals surface area contributed by atoms with Crippen molar-refractivity contribution in [3.8, 4) is 11.4 Å². The number of nitrogens with zero attached hydrogens (tertiary/aromatic N) is 4.